The summed E-state index contributed by atoms with van der Waals surface area (Å²) in [6.45, 7) is 16.1. The lowest BCUT2D eigenvalue weighted by Gasteiger charge is -2.30. The molecule has 0 aromatic heterocycles. The number of halogens is 1. The van der Waals surface area contributed by atoms with Crippen LogP contribution in [-0.4, -0.2) is 62.9 Å². The fourth-order valence-corrected chi connectivity index (χ4v) is 3.10. The normalized spacial score (nSPS) is 11.8. The Hall–Kier alpha value is -0.900. The Morgan fingerprint density at radius 1 is 1.03 bits per heavy atom. The van der Waals surface area contributed by atoms with Gasteiger partial charge in [-0.3, -0.25) is 9.89 Å². The molecule has 0 saturated heterocycles. The third-order valence-electron chi connectivity index (χ3n) is 4.51. The van der Waals surface area contributed by atoms with Crippen molar-refractivity contribution < 1.29 is 9.47 Å². The molecule has 1 aromatic rings. The highest BCUT2D eigenvalue weighted by Crippen LogP contribution is 2.07. The Bertz CT molecular complexity index is 559. The van der Waals surface area contributed by atoms with E-state index in [-0.39, 0.29) is 24.0 Å². The molecule has 1 aromatic carbocycles. The van der Waals surface area contributed by atoms with E-state index in [0.29, 0.717) is 31.9 Å². The number of nitrogens with one attached hydrogen (secondary N) is 2. The van der Waals surface area contributed by atoms with Crippen LogP contribution < -0.4 is 10.6 Å². The first-order valence-electron chi connectivity index (χ1n) is 10.4. The van der Waals surface area contributed by atoms with Gasteiger partial charge in [0.2, 0.25) is 0 Å². The molecule has 2 N–H and O–H groups in total. The first-order valence-corrected chi connectivity index (χ1v) is 10.4. The van der Waals surface area contributed by atoms with Gasteiger partial charge in [-0.05, 0) is 45.7 Å². The lowest BCUT2D eigenvalue weighted by atomic mass is 10.1. The van der Waals surface area contributed by atoms with Crippen molar-refractivity contribution in [1.29, 1.82) is 0 Å². The number of guanidine groups is 1. The molecule has 0 heterocycles. The van der Waals surface area contributed by atoms with Gasteiger partial charge in [-0.2, -0.15) is 0 Å². The number of rotatable bonds is 13. The summed E-state index contributed by atoms with van der Waals surface area (Å²) in [5.41, 5.74) is 2.38. The second-order valence-electron chi connectivity index (χ2n) is 7.35. The second-order valence-corrected chi connectivity index (χ2v) is 7.35. The van der Waals surface area contributed by atoms with E-state index in [0.717, 1.165) is 32.2 Å². The lowest BCUT2D eigenvalue weighted by molar-refractivity contribution is 0.0453. The summed E-state index contributed by atoms with van der Waals surface area (Å²) in [6.07, 6.45) is 0. The summed E-state index contributed by atoms with van der Waals surface area (Å²) in [6, 6.07) is 9.51. The molecular formula is C22H41IN4O2. The third-order valence-corrected chi connectivity index (χ3v) is 4.51. The van der Waals surface area contributed by atoms with Crippen LogP contribution in [0.2, 0.25) is 0 Å². The molecule has 0 radical (unpaired) electrons. The average Bonchev–Trinajstić information content (AvgIpc) is 2.67. The average molecular weight is 521 g/mol. The zero-order valence-corrected chi connectivity index (χ0v) is 21.4. The summed E-state index contributed by atoms with van der Waals surface area (Å²) in [5, 5.41) is 6.80. The van der Waals surface area contributed by atoms with Crippen LogP contribution in [0.3, 0.4) is 0 Å². The maximum Gasteiger partial charge on any atom is 0.191 e. The van der Waals surface area contributed by atoms with Crippen LogP contribution in [0.15, 0.2) is 29.3 Å². The molecule has 0 saturated carbocycles. The van der Waals surface area contributed by atoms with Crippen LogP contribution in [0, 0.1) is 0 Å². The Labute approximate surface area is 194 Å². The minimum Gasteiger partial charge on any atom is -0.379 e. The molecule has 6 nitrogen and oxygen atoms in total. The standard InChI is InChI=1S/C22H40N4O2.HI/c1-7-27-13-14-28-17-21-10-8-9-20(15-21)16-25-22(23-6)24-11-12-26(18(2)3)19(4)5;/h8-10,15,18-19H,7,11-14,16-17H2,1-6H3,(H2,23,24,25);1H. The maximum absolute atomic E-state index is 5.65. The van der Waals surface area contributed by atoms with Gasteiger partial charge in [0, 0.05) is 45.4 Å². The number of nitrogens with zero attached hydrogens (tertiary/aromatic N) is 2. The van der Waals surface area contributed by atoms with Crippen molar-refractivity contribution in [2.24, 2.45) is 4.99 Å². The Morgan fingerprint density at radius 2 is 1.69 bits per heavy atom. The highest BCUT2D eigenvalue weighted by atomic mass is 127. The highest BCUT2D eigenvalue weighted by molar-refractivity contribution is 14.0. The topological polar surface area (TPSA) is 58.1 Å². The van der Waals surface area contributed by atoms with Gasteiger partial charge in [-0.25, -0.2) is 0 Å². The fraction of sp³-hybridized carbons (Fsp3) is 0.682. The van der Waals surface area contributed by atoms with E-state index in [1.165, 1.54) is 11.1 Å². The largest absolute Gasteiger partial charge is 0.379 e. The van der Waals surface area contributed by atoms with Crippen molar-refractivity contribution in [3.63, 3.8) is 0 Å². The molecule has 29 heavy (non-hydrogen) atoms. The number of benzene rings is 1. The Kier molecular flexibility index (Phi) is 16.3. The van der Waals surface area contributed by atoms with Crippen molar-refractivity contribution in [3.05, 3.63) is 35.4 Å². The van der Waals surface area contributed by atoms with Crippen LogP contribution >= 0.6 is 24.0 Å². The van der Waals surface area contributed by atoms with Gasteiger partial charge in [-0.1, -0.05) is 24.3 Å². The highest BCUT2D eigenvalue weighted by Gasteiger charge is 2.12. The van der Waals surface area contributed by atoms with E-state index in [2.05, 4.69) is 72.5 Å². The van der Waals surface area contributed by atoms with Crippen LogP contribution in [0.4, 0.5) is 0 Å². The molecule has 7 heteroatoms. The summed E-state index contributed by atoms with van der Waals surface area (Å²) < 4.78 is 10.9. The summed E-state index contributed by atoms with van der Waals surface area (Å²) in [4.78, 5) is 6.80. The fourth-order valence-electron chi connectivity index (χ4n) is 3.10. The number of hydrogen-bond donors (Lipinski definition) is 2. The predicted octanol–water partition coefficient (Wildman–Crippen LogP) is 3.64. The van der Waals surface area contributed by atoms with Gasteiger partial charge in [0.25, 0.3) is 0 Å². The maximum atomic E-state index is 5.65. The number of hydrogen-bond acceptors (Lipinski definition) is 4. The molecule has 0 spiro atoms. The van der Waals surface area contributed by atoms with E-state index >= 15 is 0 Å². The van der Waals surface area contributed by atoms with Gasteiger partial charge in [0.1, 0.15) is 0 Å². The van der Waals surface area contributed by atoms with E-state index in [1.807, 2.05) is 6.92 Å². The summed E-state index contributed by atoms with van der Waals surface area (Å²) in [5.74, 6) is 0.825. The van der Waals surface area contributed by atoms with Crippen LogP contribution in [-0.2, 0) is 22.6 Å². The monoisotopic (exact) mass is 520 g/mol. The minimum absolute atomic E-state index is 0. The van der Waals surface area contributed by atoms with Crippen LogP contribution in [0.5, 0.6) is 0 Å². The second kappa shape index (κ2) is 16.8. The SMILES string of the molecule is CCOCCOCc1cccc(CNC(=NC)NCCN(C(C)C)C(C)C)c1.I. The molecular weight excluding hydrogens is 479 g/mol. The smallest absolute Gasteiger partial charge is 0.191 e. The quantitative estimate of drug-likeness (QED) is 0.180. The van der Waals surface area contributed by atoms with Gasteiger partial charge in [-0.15, -0.1) is 24.0 Å². The van der Waals surface area contributed by atoms with Crippen LogP contribution in [0.1, 0.15) is 45.7 Å². The van der Waals surface area contributed by atoms with Crippen molar-refractivity contribution in [2.45, 2.75) is 59.9 Å². The first kappa shape index (κ1) is 28.1. The van der Waals surface area contributed by atoms with E-state index < -0.39 is 0 Å². The lowest BCUT2D eigenvalue weighted by Crippen LogP contribution is -2.45. The molecule has 0 unspecified atom stereocenters. The summed E-state index contributed by atoms with van der Waals surface area (Å²) >= 11 is 0. The van der Waals surface area contributed by atoms with Crippen molar-refractivity contribution >= 4 is 29.9 Å². The molecule has 0 bridgehead atoms. The predicted molar refractivity (Wildman–Crippen MR) is 133 cm³/mol. The molecule has 0 aliphatic carbocycles. The molecule has 0 aliphatic rings. The van der Waals surface area contributed by atoms with Gasteiger partial charge in [0.15, 0.2) is 5.96 Å². The molecule has 0 amide bonds. The zero-order chi connectivity index (χ0) is 20.8. The van der Waals surface area contributed by atoms with Gasteiger partial charge >= 0.3 is 0 Å². The third kappa shape index (κ3) is 12.4. The number of aliphatic imine (C=N–C) groups is 1. The van der Waals surface area contributed by atoms with E-state index in [9.17, 15) is 0 Å². The molecule has 0 fully saturated rings. The molecule has 0 aliphatic heterocycles. The molecule has 1 rings (SSSR count). The minimum atomic E-state index is 0. The zero-order valence-electron chi connectivity index (χ0n) is 19.0. The van der Waals surface area contributed by atoms with Crippen LogP contribution in [0.25, 0.3) is 0 Å². The number of ether oxygens (including phenoxy) is 2. The van der Waals surface area contributed by atoms with Crippen molar-refractivity contribution in [3.8, 4) is 0 Å². The van der Waals surface area contributed by atoms with E-state index in [4.69, 9.17) is 9.47 Å². The Morgan fingerprint density at radius 3 is 2.31 bits per heavy atom. The Balaban J connectivity index is 0.00000784. The van der Waals surface area contributed by atoms with Gasteiger partial charge < -0.3 is 20.1 Å². The van der Waals surface area contributed by atoms with E-state index in [1.54, 1.807) is 7.05 Å². The van der Waals surface area contributed by atoms with Gasteiger partial charge in [0.05, 0.1) is 19.8 Å². The molecule has 0 atom stereocenters. The first-order chi connectivity index (χ1) is 13.5. The molecule has 168 valence electrons. The van der Waals surface area contributed by atoms with Crippen molar-refractivity contribution in [2.75, 3.05) is 40.0 Å². The van der Waals surface area contributed by atoms with Crippen molar-refractivity contribution in [1.82, 2.24) is 15.5 Å². The summed E-state index contributed by atoms with van der Waals surface area (Å²) in [7, 11) is 1.81.